The first-order chi connectivity index (χ1) is 11.6. The second kappa shape index (κ2) is 13.1. The van der Waals surface area contributed by atoms with Crippen LogP contribution < -0.4 is 0 Å². The summed E-state index contributed by atoms with van der Waals surface area (Å²) in [7, 11) is 0. The molecule has 0 aliphatic carbocycles. The standard InChI is InChI=1S/C21H44O4/c1-18(2)12-10-13-19(3)14-11-16-20(4,5)15-8-7-9-17-21(6,24-22)25-23/h18-19,22-23H,7-17H2,1-6H3. The molecule has 0 amide bonds. The predicted molar refractivity (Wildman–Crippen MR) is 104 cm³/mol. The molecule has 0 saturated heterocycles. The van der Waals surface area contributed by atoms with Gasteiger partial charge in [0.2, 0.25) is 5.79 Å². The molecule has 0 rings (SSSR count). The van der Waals surface area contributed by atoms with Gasteiger partial charge in [-0.3, -0.25) is 0 Å². The fourth-order valence-electron chi connectivity index (χ4n) is 3.41. The van der Waals surface area contributed by atoms with Crippen LogP contribution >= 0.6 is 0 Å². The van der Waals surface area contributed by atoms with E-state index in [4.69, 9.17) is 10.5 Å². The van der Waals surface area contributed by atoms with Gasteiger partial charge in [0.05, 0.1) is 0 Å². The Kier molecular flexibility index (Phi) is 13.0. The van der Waals surface area contributed by atoms with Crippen LogP contribution in [0, 0.1) is 17.3 Å². The third-order valence-electron chi connectivity index (χ3n) is 5.40. The Balaban J connectivity index is 3.76. The molecule has 0 bridgehead atoms. The van der Waals surface area contributed by atoms with Gasteiger partial charge in [-0.25, -0.2) is 20.3 Å². The molecule has 0 saturated carbocycles. The molecule has 25 heavy (non-hydrogen) atoms. The van der Waals surface area contributed by atoms with Gasteiger partial charge in [0.25, 0.3) is 0 Å². The van der Waals surface area contributed by atoms with E-state index in [0.29, 0.717) is 11.8 Å². The highest BCUT2D eigenvalue weighted by Gasteiger charge is 2.26. The molecule has 2 N–H and O–H groups in total. The summed E-state index contributed by atoms with van der Waals surface area (Å²) in [6.45, 7) is 13.3. The normalized spacial score (nSPS) is 14.3. The van der Waals surface area contributed by atoms with E-state index in [1.165, 1.54) is 51.9 Å². The third-order valence-corrected chi connectivity index (χ3v) is 5.40. The van der Waals surface area contributed by atoms with Gasteiger partial charge in [-0.2, -0.15) is 0 Å². The molecule has 0 fully saturated rings. The summed E-state index contributed by atoms with van der Waals surface area (Å²) in [6, 6.07) is 0. The summed E-state index contributed by atoms with van der Waals surface area (Å²) in [6.07, 6.45) is 12.8. The molecule has 0 aliphatic rings. The van der Waals surface area contributed by atoms with E-state index in [2.05, 4.69) is 44.4 Å². The molecule has 0 aromatic carbocycles. The summed E-state index contributed by atoms with van der Waals surface area (Å²) in [5, 5.41) is 17.4. The average Bonchev–Trinajstić information content (AvgIpc) is 2.53. The lowest BCUT2D eigenvalue weighted by Gasteiger charge is -2.26. The minimum Gasteiger partial charge on any atom is -0.249 e. The van der Waals surface area contributed by atoms with Crippen molar-refractivity contribution in [3.8, 4) is 0 Å². The molecule has 0 radical (unpaired) electrons. The van der Waals surface area contributed by atoms with Gasteiger partial charge in [-0.15, -0.1) is 0 Å². The van der Waals surface area contributed by atoms with Gasteiger partial charge in [0.15, 0.2) is 0 Å². The topological polar surface area (TPSA) is 58.9 Å². The zero-order valence-corrected chi connectivity index (χ0v) is 17.6. The molecule has 0 aliphatic heterocycles. The Bertz CT molecular complexity index is 311. The number of unbranched alkanes of at least 4 members (excludes halogenated alkanes) is 2. The lowest BCUT2D eigenvalue weighted by molar-refractivity contribution is -0.482. The summed E-state index contributed by atoms with van der Waals surface area (Å²) in [4.78, 5) is 8.36. The number of hydrogen-bond donors (Lipinski definition) is 2. The van der Waals surface area contributed by atoms with E-state index in [1.54, 1.807) is 0 Å². The molecular formula is C21H44O4. The lowest BCUT2D eigenvalue weighted by Crippen LogP contribution is -2.29. The predicted octanol–water partition coefficient (Wildman–Crippen LogP) is 7.29. The lowest BCUT2D eigenvalue weighted by atomic mass is 9.81. The molecule has 0 spiro atoms. The van der Waals surface area contributed by atoms with Crippen molar-refractivity contribution >= 4 is 0 Å². The highest BCUT2D eigenvalue weighted by atomic mass is 17.2. The fourth-order valence-corrected chi connectivity index (χ4v) is 3.41. The minimum atomic E-state index is -1.29. The van der Waals surface area contributed by atoms with Crippen molar-refractivity contribution in [3.63, 3.8) is 0 Å². The maximum atomic E-state index is 8.71. The van der Waals surface area contributed by atoms with Crippen LogP contribution in [0.25, 0.3) is 0 Å². The van der Waals surface area contributed by atoms with E-state index in [0.717, 1.165) is 31.1 Å². The van der Waals surface area contributed by atoms with E-state index >= 15 is 0 Å². The maximum Gasteiger partial charge on any atom is 0.230 e. The first-order valence-electron chi connectivity index (χ1n) is 10.3. The zero-order valence-electron chi connectivity index (χ0n) is 17.6. The quantitative estimate of drug-likeness (QED) is 0.131. The fraction of sp³-hybridized carbons (Fsp3) is 1.00. The first kappa shape index (κ1) is 24.8. The van der Waals surface area contributed by atoms with Crippen molar-refractivity contribution in [2.24, 2.45) is 17.3 Å². The highest BCUT2D eigenvalue weighted by Crippen LogP contribution is 2.31. The van der Waals surface area contributed by atoms with Crippen molar-refractivity contribution in [3.05, 3.63) is 0 Å². The van der Waals surface area contributed by atoms with Gasteiger partial charge in [0.1, 0.15) is 0 Å². The van der Waals surface area contributed by atoms with Crippen molar-refractivity contribution in [1.29, 1.82) is 0 Å². The summed E-state index contributed by atoms with van der Waals surface area (Å²) in [5.74, 6) is 0.391. The first-order valence-corrected chi connectivity index (χ1v) is 10.3. The Morgan fingerprint density at radius 2 is 1.20 bits per heavy atom. The monoisotopic (exact) mass is 360 g/mol. The van der Waals surface area contributed by atoms with E-state index < -0.39 is 5.79 Å². The number of hydrogen-bond acceptors (Lipinski definition) is 4. The molecule has 152 valence electrons. The van der Waals surface area contributed by atoms with Crippen molar-refractivity contribution in [1.82, 2.24) is 0 Å². The Labute approximate surface area is 156 Å². The van der Waals surface area contributed by atoms with Crippen LogP contribution in [0.1, 0.15) is 112 Å². The van der Waals surface area contributed by atoms with Gasteiger partial charge < -0.3 is 0 Å². The third kappa shape index (κ3) is 13.7. The van der Waals surface area contributed by atoms with Crippen LogP contribution in [-0.4, -0.2) is 16.3 Å². The zero-order chi connectivity index (χ0) is 19.3. The Morgan fingerprint density at radius 3 is 1.76 bits per heavy atom. The van der Waals surface area contributed by atoms with Crippen molar-refractivity contribution < 1.29 is 20.3 Å². The van der Waals surface area contributed by atoms with Gasteiger partial charge >= 0.3 is 0 Å². The van der Waals surface area contributed by atoms with E-state index in [-0.39, 0.29) is 0 Å². The van der Waals surface area contributed by atoms with Crippen LogP contribution in [0.3, 0.4) is 0 Å². The molecule has 0 heterocycles. The SMILES string of the molecule is CC(C)CCCC(C)CCCC(C)(C)CCCCCC(C)(OO)OO. The molecule has 0 aromatic rings. The summed E-state index contributed by atoms with van der Waals surface area (Å²) in [5.41, 5.74) is 0.391. The van der Waals surface area contributed by atoms with Gasteiger partial charge in [-0.1, -0.05) is 79.6 Å². The Morgan fingerprint density at radius 1 is 0.680 bits per heavy atom. The minimum absolute atomic E-state index is 0.391. The second-order valence-corrected chi connectivity index (χ2v) is 9.36. The average molecular weight is 361 g/mol. The van der Waals surface area contributed by atoms with Gasteiger partial charge in [0, 0.05) is 6.42 Å². The smallest absolute Gasteiger partial charge is 0.230 e. The largest absolute Gasteiger partial charge is 0.249 e. The Hall–Kier alpha value is -0.160. The molecule has 4 heteroatoms. The van der Waals surface area contributed by atoms with Crippen LogP contribution in [0.4, 0.5) is 0 Å². The van der Waals surface area contributed by atoms with E-state index in [1.807, 2.05) is 0 Å². The summed E-state index contributed by atoms with van der Waals surface area (Å²) >= 11 is 0. The van der Waals surface area contributed by atoms with Crippen LogP contribution in [0.15, 0.2) is 0 Å². The van der Waals surface area contributed by atoms with Crippen LogP contribution in [0.5, 0.6) is 0 Å². The van der Waals surface area contributed by atoms with Crippen LogP contribution in [0.2, 0.25) is 0 Å². The van der Waals surface area contributed by atoms with Crippen molar-refractivity contribution in [2.75, 3.05) is 0 Å². The second-order valence-electron chi connectivity index (χ2n) is 9.36. The van der Waals surface area contributed by atoms with Crippen LogP contribution in [-0.2, 0) is 9.78 Å². The summed E-state index contributed by atoms with van der Waals surface area (Å²) < 4.78 is 0. The number of rotatable bonds is 16. The van der Waals surface area contributed by atoms with E-state index in [9.17, 15) is 0 Å². The molecule has 4 nitrogen and oxygen atoms in total. The van der Waals surface area contributed by atoms with Gasteiger partial charge in [-0.05, 0) is 43.4 Å². The molecular weight excluding hydrogens is 316 g/mol. The van der Waals surface area contributed by atoms with Crippen molar-refractivity contribution in [2.45, 2.75) is 118 Å². The maximum absolute atomic E-state index is 8.71. The molecule has 1 atom stereocenters. The highest BCUT2D eigenvalue weighted by molar-refractivity contribution is 4.70. The molecule has 1 unspecified atom stereocenters. The molecule has 0 aromatic heterocycles.